The molecule has 1 aliphatic rings. The van der Waals surface area contributed by atoms with Crippen molar-refractivity contribution in [1.29, 1.82) is 5.26 Å². The number of rotatable bonds is 8. The molecule has 1 atom stereocenters. The van der Waals surface area contributed by atoms with Crippen molar-refractivity contribution >= 4 is 23.2 Å². The number of amides is 1. The summed E-state index contributed by atoms with van der Waals surface area (Å²) in [6.45, 7) is 0.598. The van der Waals surface area contributed by atoms with E-state index in [2.05, 4.69) is 17.1 Å². The minimum Gasteiger partial charge on any atom is -0.310 e. The Kier molecular flexibility index (Phi) is 7.75. The number of carbonyl (C=O) groups is 1. The highest BCUT2D eigenvalue weighted by Gasteiger charge is 2.30. The zero-order chi connectivity index (χ0) is 23.0. The molecule has 0 aliphatic heterocycles. The van der Waals surface area contributed by atoms with Crippen LogP contribution in [-0.2, 0) is 17.6 Å². The van der Waals surface area contributed by atoms with Gasteiger partial charge in [0, 0.05) is 23.7 Å². The van der Waals surface area contributed by atoms with Gasteiger partial charge in [-0.15, -0.1) is 0 Å². The van der Waals surface area contributed by atoms with Gasteiger partial charge in [-0.05, 0) is 79.1 Å². The average molecular weight is 458 g/mol. The molecule has 4 nitrogen and oxygen atoms in total. The van der Waals surface area contributed by atoms with E-state index in [0.717, 1.165) is 49.8 Å². The quantitative estimate of drug-likeness (QED) is 0.402. The van der Waals surface area contributed by atoms with Gasteiger partial charge in [0.2, 0.25) is 5.91 Å². The lowest BCUT2D eigenvalue weighted by atomic mass is 9.91. The van der Waals surface area contributed by atoms with Crippen LogP contribution in [0.15, 0.2) is 73.1 Å². The Bertz CT molecular complexity index is 1100. The summed E-state index contributed by atoms with van der Waals surface area (Å²) in [7, 11) is 0. The second-order valence-electron chi connectivity index (χ2n) is 8.85. The molecule has 3 aromatic rings. The fraction of sp³-hybridized carbons (Fsp3) is 0.321. The summed E-state index contributed by atoms with van der Waals surface area (Å²) in [5.41, 5.74) is 3.79. The Morgan fingerprint density at radius 1 is 1.06 bits per heavy atom. The van der Waals surface area contributed by atoms with Crippen molar-refractivity contribution in [3.05, 3.63) is 94.8 Å². The lowest BCUT2D eigenvalue weighted by molar-refractivity contribution is -0.122. The van der Waals surface area contributed by atoms with Gasteiger partial charge in [0.25, 0.3) is 0 Å². The van der Waals surface area contributed by atoms with E-state index in [9.17, 15) is 10.1 Å². The molecular weight excluding hydrogens is 430 g/mol. The van der Waals surface area contributed by atoms with E-state index in [1.54, 1.807) is 12.4 Å². The number of nitriles is 1. The molecule has 5 heteroatoms. The van der Waals surface area contributed by atoms with Gasteiger partial charge in [0.15, 0.2) is 0 Å². The topological polar surface area (TPSA) is 57.0 Å². The SMILES string of the molecule is N#Cc1cccc(CC(Cc2ccc(Cl)cc2)CN(C(=O)C2CCCC2)c2cccnc2)c1. The summed E-state index contributed by atoms with van der Waals surface area (Å²) in [6, 6.07) is 21.8. The first kappa shape index (κ1) is 23.0. The highest BCUT2D eigenvalue weighted by molar-refractivity contribution is 6.30. The highest BCUT2D eigenvalue weighted by Crippen LogP contribution is 2.30. The summed E-state index contributed by atoms with van der Waals surface area (Å²) < 4.78 is 0. The fourth-order valence-corrected chi connectivity index (χ4v) is 4.87. The second-order valence-corrected chi connectivity index (χ2v) is 9.29. The van der Waals surface area contributed by atoms with Crippen LogP contribution in [0.4, 0.5) is 5.69 Å². The van der Waals surface area contributed by atoms with Gasteiger partial charge < -0.3 is 4.90 Å². The molecule has 0 N–H and O–H groups in total. The molecule has 1 amide bonds. The molecule has 1 fully saturated rings. The molecule has 2 aromatic carbocycles. The number of carbonyl (C=O) groups excluding carboxylic acids is 1. The van der Waals surface area contributed by atoms with Crippen LogP contribution < -0.4 is 4.90 Å². The average Bonchev–Trinajstić information content (AvgIpc) is 3.39. The molecule has 1 aliphatic carbocycles. The van der Waals surface area contributed by atoms with Crippen LogP contribution in [0.2, 0.25) is 5.02 Å². The van der Waals surface area contributed by atoms with E-state index in [0.29, 0.717) is 17.1 Å². The molecule has 1 aromatic heterocycles. The Labute approximate surface area is 200 Å². The van der Waals surface area contributed by atoms with Crippen molar-refractivity contribution in [2.24, 2.45) is 11.8 Å². The molecule has 0 saturated heterocycles. The Morgan fingerprint density at radius 2 is 1.82 bits per heavy atom. The molecule has 33 heavy (non-hydrogen) atoms. The van der Waals surface area contributed by atoms with Crippen molar-refractivity contribution in [3.63, 3.8) is 0 Å². The predicted molar refractivity (Wildman–Crippen MR) is 132 cm³/mol. The number of hydrogen-bond donors (Lipinski definition) is 0. The zero-order valence-electron chi connectivity index (χ0n) is 18.7. The molecule has 1 heterocycles. The summed E-state index contributed by atoms with van der Waals surface area (Å²) in [5, 5.41) is 10.0. The Balaban J connectivity index is 1.63. The van der Waals surface area contributed by atoms with Crippen molar-refractivity contribution in [2.75, 3.05) is 11.4 Å². The van der Waals surface area contributed by atoms with Crippen LogP contribution in [0.3, 0.4) is 0 Å². The molecule has 168 valence electrons. The summed E-state index contributed by atoms with van der Waals surface area (Å²) in [5.74, 6) is 0.460. The molecule has 0 spiro atoms. The number of halogens is 1. The third kappa shape index (κ3) is 6.21. The largest absolute Gasteiger partial charge is 0.310 e. The minimum atomic E-state index is 0.0864. The first-order valence-electron chi connectivity index (χ1n) is 11.6. The van der Waals surface area contributed by atoms with E-state index in [1.165, 1.54) is 5.56 Å². The number of nitrogens with zero attached hydrogens (tertiary/aromatic N) is 3. The van der Waals surface area contributed by atoms with Gasteiger partial charge in [0.05, 0.1) is 23.5 Å². The van der Waals surface area contributed by atoms with E-state index in [4.69, 9.17) is 11.6 Å². The normalized spacial score (nSPS) is 14.5. The molecule has 1 saturated carbocycles. The standard InChI is InChI=1S/C28H28ClN3O/c29-26-12-10-21(11-13-26)15-24(17-22-5-3-6-23(16-22)18-30)20-32(27-9-4-14-31-19-27)28(33)25-7-1-2-8-25/h3-6,9-14,16,19,24-25H,1-2,7-8,15,17,20H2. The van der Waals surface area contributed by atoms with E-state index in [-0.39, 0.29) is 17.7 Å². The van der Waals surface area contributed by atoms with Gasteiger partial charge in [-0.1, -0.05) is 48.7 Å². The monoisotopic (exact) mass is 457 g/mol. The maximum Gasteiger partial charge on any atom is 0.230 e. The lowest BCUT2D eigenvalue weighted by Gasteiger charge is -2.30. The molecule has 0 bridgehead atoms. The van der Waals surface area contributed by atoms with E-state index in [1.807, 2.05) is 59.5 Å². The van der Waals surface area contributed by atoms with Gasteiger partial charge in [-0.3, -0.25) is 9.78 Å². The van der Waals surface area contributed by atoms with E-state index < -0.39 is 0 Å². The molecule has 0 radical (unpaired) electrons. The Morgan fingerprint density at radius 3 is 2.52 bits per heavy atom. The predicted octanol–water partition coefficient (Wildman–Crippen LogP) is 6.23. The first-order chi connectivity index (χ1) is 16.1. The number of hydrogen-bond acceptors (Lipinski definition) is 3. The fourth-order valence-electron chi connectivity index (χ4n) is 4.74. The third-order valence-electron chi connectivity index (χ3n) is 6.39. The smallest absolute Gasteiger partial charge is 0.230 e. The van der Waals surface area contributed by atoms with Crippen LogP contribution >= 0.6 is 11.6 Å². The van der Waals surface area contributed by atoms with Crippen LogP contribution in [0.1, 0.15) is 42.4 Å². The highest BCUT2D eigenvalue weighted by atomic mass is 35.5. The second kappa shape index (κ2) is 11.1. The van der Waals surface area contributed by atoms with Crippen molar-refractivity contribution in [1.82, 2.24) is 4.98 Å². The number of benzene rings is 2. The third-order valence-corrected chi connectivity index (χ3v) is 6.64. The first-order valence-corrected chi connectivity index (χ1v) is 11.9. The maximum absolute atomic E-state index is 13.6. The van der Waals surface area contributed by atoms with E-state index >= 15 is 0 Å². The number of anilines is 1. The maximum atomic E-state index is 13.6. The van der Waals surface area contributed by atoms with Crippen molar-refractivity contribution < 1.29 is 4.79 Å². The number of aromatic nitrogens is 1. The van der Waals surface area contributed by atoms with Gasteiger partial charge >= 0.3 is 0 Å². The van der Waals surface area contributed by atoms with Crippen LogP contribution in [-0.4, -0.2) is 17.4 Å². The van der Waals surface area contributed by atoms with Crippen LogP contribution in [0.25, 0.3) is 0 Å². The summed E-state index contributed by atoms with van der Waals surface area (Å²) >= 11 is 6.10. The Hall–Kier alpha value is -3.16. The lowest BCUT2D eigenvalue weighted by Crippen LogP contribution is -2.40. The zero-order valence-corrected chi connectivity index (χ0v) is 19.4. The number of pyridine rings is 1. The summed E-state index contributed by atoms with van der Waals surface area (Å²) in [4.78, 5) is 19.8. The van der Waals surface area contributed by atoms with Crippen molar-refractivity contribution in [2.45, 2.75) is 38.5 Å². The minimum absolute atomic E-state index is 0.0864. The van der Waals surface area contributed by atoms with Gasteiger partial charge in [-0.2, -0.15) is 5.26 Å². The summed E-state index contributed by atoms with van der Waals surface area (Å²) in [6.07, 6.45) is 9.25. The van der Waals surface area contributed by atoms with Crippen molar-refractivity contribution in [3.8, 4) is 6.07 Å². The van der Waals surface area contributed by atoms with Gasteiger partial charge in [0.1, 0.15) is 0 Å². The molecule has 1 unspecified atom stereocenters. The molecule has 4 rings (SSSR count). The van der Waals surface area contributed by atoms with Crippen LogP contribution in [0.5, 0.6) is 0 Å². The molecular formula is C28H28ClN3O. The van der Waals surface area contributed by atoms with Crippen LogP contribution in [0, 0.1) is 23.2 Å². The van der Waals surface area contributed by atoms with Gasteiger partial charge in [-0.25, -0.2) is 0 Å².